The number of carbonyl (C=O) groups excluding carboxylic acids is 1. The predicted octanol–water partition coefficient (Wildman–Crippen LogP) is 3.92. The highest BCUT2D eigenvalue weighted by Gasteiger charge is 2.11. The van der Waals surface area contributed by atoms with Crippen molar-refractivity contribution in [3.8, 4) is 5.75 Å². The van der Waals surface area contributed by atoms with Crippen molar-refractivity contribution in [2.45, 2.75) is 13.3 Å². The Balaban J connectivity index is 1.67. The third-order valence-electron chi connectivity index (χ3n) is 3.81. The number of aromatic nitrogens is 1. The van der Waals surface area contributed by atoms with E-state index in [2.05, 4.69) is 51.4 Å². The van der Waals surface area contributed by atoms with E-state index in [1.165, 1.54) is 22.6 Å². The van der Waals surface area contributed by atoms with Gasteiger partial charge in [-0.2, -0.15) is 0 Å². The molecule has 5 heteroatoms. The highest BCUT2D eigenvalue weighted by atomic mass is 79.9. The van der Waals surface area contributed by atoms with Crippen LogP contribution in [-0.4, -0.2) is 22.5 Å². The Morgan fingerprint density at radius 1 is 1.26 bits per heavy atom. The number of aromatic hydroxyl groups is 1. The molecular formula is C18H17BrN2O2. The molecule has 3 aromatic rings. The van der Waals surface area contributed by atoms with E-state index in [0.717, 1.165) is 16.4 Å². The van der Waals surface area contributed by atoms with Crippen molar-refractivity contribution in [2.75, 3.05) is 6.54 Å². The molecule has 1 amide bonds. The summed E-state index contributed by atoms with van der Waals surface area (Å²) in [6.07, 6.45) is 2.71. The predicted molar refractivity (Wildman–Crippen MR) is 94.9 cm³/mol. The smallest absolute Gasteiger partial charge is 0.255 e. The van der Waals surface area contributed by atoms with Crippen molar-refractivity contribution in [1.82, 2.24) is 10.3 Å². The number of carbonyl (C=O) groups is 1. The maximum atomic E-state index is 12.2. The minimum atomic E-state index is -0.278. The van der Waals surface area contributed by atoms with E-state index in [0.29, 0.717) is 6.54 Å². The molecule has 0 aliphatic heterocycles. The molecule has 23 heavy (non-hydrogen) atoms. The molecule has 118 valence electrons. The first-order valence-electron chi connectivity index (χ1n) is 7.38. The Morgan fingerprint density at radius 2 is 2.09 bits per heavy atom. The Morgan fingerprint density at radius 3 is 2.91 bits per heavy atom. The molecule has 0 aliphatic carbocycles. The molecule has 3 N–H and O–H groups in total. The number of rotatable bonds is 4. The molecule has 1 aromatic heterocycles. The van der Waals surface area contributed by atoms with Crippen LogP contribution in [-0.2, 0) is 6.42 Å². The summed E-state index contributed by atoms with van der Waals surface area (Å²) < 4.78 is 0.757. The van der Waals surface area contributed by atoms with Gasteiger partial charge < -0.3 is 15.4 Å². The third kappa shape index (κ3) is 3.40. The summed E-state index contributed by atoms with van der Waals surface area (Å²) in [6.45, 7) is 2.57. The Bertz CT molecular complexity index is 871. The molecule has 0 unspecified atom stereocenters. The van der Waals surface area contributed by atoms with E-state index in [4.69, 9.17) is 0 Å². The van der Waals surface area contributed by atoms with Crippen molar-refractivity contribution in [3.05, 3.63) is 63.8 Å². The molecule has 0 radical (unpaired) electrons. The van der Waals surface area contributed by atoms with Gasteiger partial charge in [-0.05, 0) is 49.2 Å². The van der Waals surface area contributed by atoms with Crippen molar-refractivity contribution < 1.29 is 9.90 Å². The van der Waals surface area contributed by atoms with E-state index in [-0.39, 0.29) is 17.2 Å². The Labute approximate surface area is 142 Å². The number of fused-ring (bicyclic) bond motifs is 1. The van der Waals surface area contributed by atoms with Crippen molar-refractivity contribution in [1.29, 1.82) is 0 Å². The second-order valence-corrected chi connectivity index (χ2v) is 6.45. The summed E-state index contributed by atoms with van der Waals surface area (Å²) in [5, 5.41) is 13.8. The molecule has 0 saturated heterocycles. The first kappa shape index (κ1) is 15.6. The molecule has 0 saturated carbocycles. The van der Waals surface area contributed by atoms with Crippen LogP contribution in [0.2, 0.25) is 0 Å². The molecule has 0 spiro atoms. The van der Waals surface area contributed by atoms with Crippen molar-refractivity contribution in [2.24, 2.45) is 0 Å². The Hall–Kier alpha value is -2.27. The van der Waals surface area contributed by atoms with Crippen LogP contribution in [0.1, 0.15) is 21.5 Å². The van der Waals surface area contributed by atoms with Crippen LogP contribution in [0, 0.1) is 6.92 Å². The first-order chi connectivity index (χ1) is 11.0. The summed E-state index contributed by atoms with van der Waals surface area (Å²) in [5.41, 5.74) is 3.75. The molecule has 2 aromatic carbocycles. The second-order valence-electron chi connectivity index (χ2n) is 5.53. The van der Waals surface area contributed by atoms with E-state index in [1.807, 2.05) is 6.20 Å². The third-order valence-corrected chi connectivity index (χ3v) is 4.30. The van der Waals surface area contributed by atoms with Gasteiger partial charge in [-0.3, -0.25) is 4.79 Å². The maximum absolute atomic E-state index is 12.2. The Kier molecular flexibility index (Phi) is 4.39. The van der Waals surface area contributed by atoms with Gasteiger partial charge in [0.05, 0.1) is 5.56 Å². The molecule has 0 atom stereocenters. The number of hydrogen-bond acceptors (Lipinski definition) is 2. The number of nitrogens with one attached hydrogen (secondary N) is 2. The largest absolute Gasteiger partial charge is 0.507 e. The van der Waals surface area contributed by atoms with Crippen molar-refractivity contribution >= 4 is 32.7 Å². The SMILES string of the molecule is Cc1ccc2[nH]cc(CCNC(=O)c3cc(Br)ccc3O)c2c1. The van der Waals surface area contributed by atoms with Crippen LogP contribution in [0.3, 0.4) is 0 Å². The number of H-pyrrole nitrogens is 1. The van der Waals surface area contributed by atoms with Gasteiger partial charge in [0.2, 0.25) is 0 Å². The van der Waals surface area contributed by atoms with Gasteiger partial charge in [0.1, 0.15) is 5.75 Å². The summed E-state index contributed by atoms with van der Waals surface area (Å²) >= 11 is 3.30. The van der Waals surface area contributed by atoms with Crippen LogP contribution < -0.4 is 5.32 Å². The summed E-state index contributed by atoms with van der Waals surface area (Å²) in [7, 11) is 0. The normalized spacial score (nSPS) is 10.9. The highest BCUT2D eigenvalue weighted by molar-refractivity contribution is 9.10. The van der Waals surface area contributed by atoms with Crippen LogP contribution in [0.5, 0.6) is 5.75 Å². The number of amides is 1. The van der Waals surface area contributed by atoms with Gasteiger partial charge >= 0.3 is 0 Å². The van der Waals surface area contributed by atoms with Gasteiger partial charge in [0.15, 0.2) is 0 Å². The molecule has 0 bridgehead atoms. The van der Waals surface area contributed by atoms with Crippen molar-refractivity contribution in [3.63, 3.8) is 0 Å². The zero-order chi connectivity index (χ0) is 16.4. The standard InChI is InChI=1S/C18H17BrN2O2/c1-11-2-4-16-14(8-11)12(10-21-16)6-7-20-18(23)15-9-13(19)3-5-17(15)22/h2-5,8-10,21-22H,6-7H2,1H3,(H,20,23). The monoisotopic (exact) mass is 372 g/mol. The highest BCUT2D eigenvalue weighted by Crippen LogP contribution is 2.22. The fraction of sp³-hybridized carbons (Fsp3) is 0.167. The topological polar surface area (TPSA) is 65.1 Å². The van der Waals surface area contributed by atoms with Gasteiger partial charge in [-0.1, -0.05) is 27.6 Å². The minimum Gasteiger partial charge on any atom is -0.507 e. The number of hydrogen-bond donors (Lipinski definition) is 3. The summed E-state index contributed by atoms with van der Waals surface area (Å²) in [5.74, 6) is -0.298. The lowest BCUT2D eigenvalue weighted by Crippen LogP contribution is -2.25. The lowest BCUT2D eigenvalue weighted by atomic mass is 10.1. The number of aromatic amines is 1. The fourth-order valence-electron chi connectivity index (χ4n) is 2.60. The van der Waals surface area contributed by atoms with Crippen LogP contribution in [0.15, 0.2) is 47.1 Å². The van der Waals surface area contributed by atoms with E-state index in [1.54, 1.807) is 12.1 Å². The van der Waals surface area contributed by atoms with Crippen LogP contribution >= 0.6 is 15.9 Å². The van der Waals surface area contributed by atoms with Gasteiger partial charge in [0, 0.05) is 28.1 Å². The van der Waals surface area contributed by atoms with E-state index in [9.17, 15) is 9.90 Å². The summed E-state index contributed by atoms with van der Waals surface area (Å²) in [4.78, 5) is 15.4. The lowest BCUT2D eigenvalue weighted by Gasteiger charge is -2.07. The average molecular weight is 373 g/mol. The maximum Gasteiger partial charge on any atom is 0.255 e. The second kappa shape index (κ2) is 6.46. The number of benzene rings is 2. The lowest BCUT2D eigenvalue weighted by molar-refractivity contribution is 0.0951. The zero-order valence-corrected chi connectivity index (χ0v) is 14.3. The molecular weight excluding hydrogens is 356 g/mol. The van der Waals surface area contributed by atoms with Gasteiger partial charge in [0.25, 0.3) is 5.91 Å². The first-order valence-corrected chi connectivity index (χ1v) is 8.17. The molecule has 0 aliphatic rings. The number of halogens is 1. The molecule has 1 heterocycles. The molecule has 3 rings (SSSR count). The fourth-order valence-corrected chi connectivity index (χ4v) is 2.96. The van der Waals surface area contributed by atoms with Crippen LogP contribution in [0.4, 0.5) is 0 Å². The van der Waals surface area contributed by atoms with Gasteiger partial charge in [-0.25, -0.2) is 0 Å². The van der Waals surface area contributed by atoms with E-state index < -0.39 is 0 Å². The van der Waals surface area contributed by atoms with Gasteiger partial charge in [-0.15, -0.1) is 0 Å². The zero-order valence-electron chi connectivity index (χ0n) is 12.7. The van der Waals surface area contributed by atoms with Crippen LogP contribution in [0.25, 0.3) is 10.9 Å². The minimum absolute atomic E-state index is 0.0200. The number of phenols is 1. The summed E-state index contributed by atoms with van der Waals surface area (Å²) in [6, 6.07) is 11.1. The quantitative estimate of drug-likeness (QED) is 0.649. The number of aryl methyl sites for hydroxylation is 1. The molecule has 4 nitrogen and oxygen atoms in total. The average Bonchev–Trinajstić information content (AvgIpc) is 2.92. The molecule has 0 fully saturated rings. The number of phenolic OH excluding ortho intramolecular Hbond substituents is 1. The van der Waals surface area contributed by atoms with E-state index >= 15 is 0 Å².